The number of benzene rings is 2. The van der Waals surface area contributed by atoms with Crippen molar-refractivity contribution in [3.63, 3.8) is 0 Å². The van der Waals surface area contributed by atoms with Gasteiger partial charge in [0, 0.05) is 24.5 Å². The maximum Gasteiger partial charge on any atom is 0.0574 e. The Morgan fingerprint density at radius 1 is 0.941 bits per heavy atom. The summed E-state index contributed by atoms with van der Waals surface area (Å²) in [5, 5.41) is 0. The van der Waals surface area contributed by atoms with Gasteiger partial charge >= 0.3 is 0 Å². The van der Waals surface area contributed by atoms with Crippen LogP contribution in [0.1, 0.15) is 50.8 Å². The molecule has 34 heavy (non-hydrogen) atoms. The lowest BCUT2D eigenvalue weighted by Crippen LogP contribution is -2.23. The number of hydrogen-bond acceptors (Lipinski definition) is 2. The molecule has 0 saturated heterocycles. The minimum atomic E-state index is 0.464. The van der Waals surface area contributed by atoms with Gasteiger partial charge in [-0.15, -0.1) is 0 Å². The van der Waals surface area contributed by atoms with E-state index in [0.29, 0.717) is 5.92 Å². The minimum Gasteiger partial charge on any atom is -0.341 e. The molecule has 2 nitrogen and oxygen atoms in total. The van der Waals surface area contributed by atoms with Crippen LogP contribution in [0.5, 0.6) is 0 Å². The average molecular weight is 451 g/mol. The van der Waals surface area contributed by atoms with Gasteiger partial charge in [0.05, 0.1) is 5.71 Å². The fraction of sp³-hybridized carbons (Fsp3) is 0.281. The highest BCUT2D eigenvalue weighted by molar-refractivity contribution is 6.06. The second-order valence-corrected chi connectivity index (χ2v) is 8.63. The van der Waals surface area contributed by atoms with Crippen LogP contribution in [0.2, 0.25) is 0 Å². The Kier molecular flexibility index (Phi) is 9.46. The van der Waals surface area contributed by atoms with Crippen LogP contribution in [0.15, 0.2) is 101 Å². The monoisotopic (exact) mass is 450 g/mol. The highest BCUT2D eigenvalue weighted by Gasteiger charge is 2.14. The molecule has 0 saturated carbocycles. The summed E-state index contributed by atoms with van der Waals surface area (Å²) in [7, 11) is 0. The summed E-state index contributed by atoms with van der Waals surface area (Å²) in [6, 6.07) is 17.0. The topological polar surface area (TPSA) is 15.6 Å². The maximum absolute atomic E-state index is 4.71. The van der Waals surface area contributed by atoms with Crippen molar-refractivity contribution in [2.24, 2.45) is 10.9 Å². The summed E-state index contributed by atoms with van der Waals surface area (Å²) in [4.78, 5) is 7.08. The molecule has 2 aromatic carbocycles. The first-order valence-electron chi connectivity index (χ1n) is 12.5. The van der Waals surface area contributed by atoms with Crippen LogP contribution in [0.3, 0.4) is 0 Å². The van der Waals surface area contributed by atoms with Crippen molar-refractivity contribution in [2.75, 3.05) is 18.0 Å². The standard InChI is InChI=1S/C32H38N2/c1-6-25(4)28(18-22-30(33-7-2)21-17-27-14-10-9-13-26(27)5)19-23-31-24-20-29-15-11-12-16-32(29)34(31)8-3/h9-25H,6-8H2,1-5H3/b21-17-,22-18?,28-19?,31-23?,33-30?. The number of aryl methyl sites for hydroxylation is 1. The predicted octanol–water partition coefficient (Wildman–Crippen LogP) is 8.44. The third-order valence-corrected chi connectivity index (χ3v) is 6.33. The Bertz CT molecular complexity index is 1140. The summed E-state index contributed by atoms with van der Waals surface area (Å²) >= 11 is 0. The van der Waals surface area contributed by atoms with E-state index in [2.05, 4.69) is 137 Å². The Morgan fingerprint density at radius 2 is 1.71 bits per heavy atom. The number of para-hydroxylation sites is 1. The maximum atomic E-state index is 4.71. The van der Waals surface area contributed by atoms with Crippen LogP contribution in [0.4, 0.5) is 5.69 Å². The molecule has 0 fully saturated rings. The van der Waals surface area contributed by atoms with E-state index in [1.807, 2.05) is 0 Å². The Hall–Kier alpha value is -3.39. The predicted molar refractivity (Wildman–Crippen MR) is 151 cm³/mol. The van der Waals surface area contributed by atoms with Gasteiger partial charge in [0.15, 0.2) is 0 Å². The van der Waals surface area contributed by atoms with E-state index in [9.17, 15) is 0 Å². The van der Waals surface area contributed by atoms with E-state index in [0.717, 1.165) is 25.2 Å². The Labute approximate surface area is 206 Å². The number of nitrogens with zero attached hydrogens (tertiary/aromatic N) is 2. The average Bonchev–Trinajstić information content (AvgIpc) is 2.87. The van der Waals surface area contributed by atoms with Crippen LogP contribution >= 0.6 is 0 Å². The third-order valence-electron chi connectivity index (χ3n) is 6.33. The van der Waals surface area contributed by atoms with Gasteiger partial charge in [-0.25, -0.2) is 0 Å². The number of fused-ring (bicyclic) bond motifs is 1. The van der Waals surface area contributed by atoms with Crippen molar-refractivity contribution < 1.29 is 0 Å². The number of rotatable bonds is 9. The smallest absolute Gasteiger partial charge is 0.0574 e. The summed E-state index contributed by atoms with van der Waals surface area (Å²) < 4.78 is 0. The van der Waals surface area contributed by atoms with Gasteiger partial charge in [-0.2, -0.15) is 0 Å². The molecule has 1 atom stereocenters. The van der Waals surface area contributed by atoms with E-state index < -0.39 is 0 Å². The van der Waals surface area contributed by atoms with Crippen molar-refractivity contribution >= 4 is 23.6 Å². The second kappa shape index (κ2) is 12.7. The van der Waals surface area contributed by atoms with Crippen LogP contribution in [-0.2, 0) is 0 Å². The number of anilines is 1. The van der Waals surface area contributed by atoms with E-state index in [1.165, 1.54) is 33.6 Å². The lowest BCUT2D eigenvalue weighted by Gasteiger charge is -2.29. The first kappa shape index (κ1) is 25.2. The largest absolute Gasteiger partial charge is 0.341 e. The molecular weight excluding hydrogens is 412 g/mol. The molecule has 0 radical (unpaired) electrons. The first-order valence-corrected chi connectivity index (χ1v) is 12.5. The number of aliphatic imine (C=N–C) groups is 1. The lowest BCUT2D eigenvalue weighted by molar-refractivity contribution is 0.670. The molecule has 1 heterocycles. The molecule has 0 aromatic heterocycles. The second-order valence-electron chi connectivity index (χ2n) is 8.63. The fourth-order valence-electron chi connectivity index (χ4n) is 4.05. The zero-order chi connectivity index (χ0) is 24.3. The normalized spacial score (nSPS) is 16.6. The molecule has 0 N–H and O–H groups in total. The molecule has 1 unspecified atom stereocenters. The van der Waals surface area contributed by atoms with Crippen molar-refractivity contribution in [3.8, 4) is 0 Å². The molecule has 0 aliphatic carbocycles. The molecule has 0 bridgehead atoms. The van der Waals surface area contributed by atoms with Crippen molar-refractivity contribution in [1.29, 1.82) is 0 Å². The quantitative estimate of drug-likeness (QED) is 0.276. The third kappa shape index (κ3) is 6.57. The van der Waals surface area contributed by atoms with Gasteiger partial charge in [-0.1, -0.05) is 80.6 Å². The molecule has 1 aliphatic rings. The van der Waals surface area contributed by atoms with E-state index in [4.69, 9.17) is 4.99 Å². The molecule has 0 spiro atoms. The van der Waals surface area contributed by atoms with Crippen molar-refractivity contribution in [2.45, 2.75) is 41.0 Å². The summed E-state index contributed by atoms with van der Waals surface area (Å²) in [6.07, 6.45) is 18.7. The highest BCUT2D eigenvalue weighted by Crippen LogP contribution is 2.30. The van der Waals surface area contributed by atoms with Crippen LogP contribution in [0, 0.1) is 12.8 Å². The van der Waals surface area contributed by atoms with E-state index in [-0.39, 0.29) is 0 Å². The Balaban J connectivity index is 1.87. The molecule has 176 valence electrons. The number of allylic oxidation sites excluding steroid dienone is 7. The first-order chi connectivity index (χ1) is 16.6. The number of likely N-dealkylation sites (N-methyl/N-ethyl adjacent to an activating group) is 1. The Morgan fingerprint density at radius 3 is 2.44 bits per heavy atom. The molecule has 0 amide bonds. The van der Waals surface area contributed by atoms with Gasteiger partial charge in [-0.3, -0.25) is 4.99 Å². The molecule has 3 rings (SSSR count). The fourth-order valence-corrected chi connectivity index (χ4v) is 4.05. The van der Waals surface area contributed by atoms with E-state index >= 15 is 0 Å². The minimum absolute atomic E-state index is 0.464. The van der Waals surface area contributed by atoms with Crippen LogP contribution in [-0.4, -0.2) is 18.8 Å². The molecule has 1 aliphatic heterocycles. The van der Waals surface area contributed by atoms with Gasteiger partial charge in [0.2, 0.25) is 0 Å². The van der Waals surface area contributed by atoms with Crippen molar-refractivity contribution in [3.05, 3.63) is 113 Å². The summed E-state index contributed by atoms with van der Waals surface area (Å²) in [5.74, 6) is 0.464. The van der Waals surface area contributed by atoms with Crippen LogP contribution < -0.4 is 4.90 Å². The lowest BCUT2D eigenvalue weighted by atomic mass is 9.96. The molecule has 2 heteroatoms. The van der Waals surface area contributed by atoms with Gasteiger partial charge < -0.3 is 4.90 Å². The molecular formula is C32H38N2. The zero-order valence-electron chi connectivity index (χ0n) is 21.3. The summed E-state index contributed by atoms with van der Waals surface area (Å²) in [5.41, 5.74) is 8.57. The highest BCUT2D eigenvalue weighted by atomic mass is 15.1. The van der Waals surface area contributed by atoms with E-state index in [1.54, 1.807) is 0 Å². The number of hydrogen-bond donors (Lipinski definition) is 0. The van der Waals surface area contributed by atoms with Crippen LogP contribution in [0.25, 0.3) is 12.2 Å². The van der Waals surface area contributed by atoms with Gasteiger partial charge in [-0.05, 0) is 85.7 Å². The molecule has 2 aromatic rings. The SMILES string of the molecule is CCN=C(C=CC(=CC=C1C=Cc2ccccc2N1CC)C(C)CC)/C=C\c1ccccc1C. The van der Waals surface area contributed by atoms with Gasteiger partial charge in [0.1, 0.15) is 0 Å². The summed E-state index contributed by atoms with van der Waals surface area (Å²) in [6.45, 7) is 12.7. The zero-order valence-corrected chi connectivity index (χ0v) is 21.3. The van der Waals surface area contributed by atoms with Crippen molar-refractivity contribution in [1.82, 2.24) is 0 Å². The van der Waals surface area contributed by atoms with Gasteiger partial charge in [0.25, 0.3) is 0 Å².